The van der Waals surface area contributed by atoms with Crippen molar-refractivity contribution in [3.05, 3.63) is 71.3 Å². The van der Waals surface area contributed by atoms with Crippen molar-refractivity contribution < 1.29 is 9.18 Å². The monoisotopic (exact) mass is 433 g/mol. The van der Waals surface area contributed by atoms with Crippen LogP contribution >= 0.6 is 0 Å². The van der Waals surface area contributed by atoms with Crippen LogP contribution in [0, 0.1) is 5.82 Å². The van der Waals surface area contributed by atoms with Crippen LogP contribution in [0.5, 0.6) is 0 Å². The van der Waals surface area contributed by atoms with E-state index in [4.69, 9.17) is 0 Å². The van der Waals surface area contributed by atoms with E-state index in [-0.39, 0.29) is 11.7 Å². The van der Waals surface area contributed by atoms with Crippen LogP contribution in [0.25, 0.3) is 5.69 Å². The minimum absolute atomic E-state index is 0.201. The van der Waals surface area contributed by atoms with E-state index in [9.17, 15) is 9.18 Å². The van der Waals surface area contributed by atoms with Gasteiger partial charge >= 0.3 is 0 Å². The summed E-state index contributed by atoms with van der Waals surface area (Å²) in [6.45, 7) is 7.50. The quantitative estimate of drug-likeness (QED) is 0.663. The predicted octanol–water partition coefficient (Wildman–Crippen LogP) is 3.89. The minimum atomic E-state index is -0.286. The summed E-state index contributed by atoms with van der Waals surface area (Å²) in [6, 6.07) is 14.3. The largest absolute Gasteiger partial charge is 0.369 e. The number of piperazine rings is 1. The first-order valence-electron chi connectivity index (χ1n) is 11.4. The maximum absolute atomic E-state index is 13.3. The van der Waals surface area contributed by atoms with Gasteiger partial charge in [0.1, 0.15) is 5.82 Å². The summed E-state index contributed by atoms with van der Waals surface area (Å²) in [5.74, 6) is -0.487. The summed E-state index contributed by atoms with van der Waals surface area (Å²) in [6.07, 6.45) is 2.70. The standard InChI is InChI=1S/C25H28FN5O/c1-2-29-14-16-30(17-15-29)20-12-8-19(9-13-20)27-25(32)24-22-4-3-5-23(22)31(28-24)21-10-6-18(26)7-11-21/h6-13H,2-5,14-17H2,1H3,(H,27,32). The van der Waals surface area contributed by atoms with Crippen molar-refractivity contribution in [1.29, 1.82) is 0 Å². The SMILES string of the molecule is CCN1CCN(c2ccc(NC(=O)c3nn(-c4ccc(F)cc4)c4c3CCC4)cc2)CC1. The first-order valence-corrected chi connectivity index (χ1v) is 11.4. The second-order valence-corrected chi connectivity index (χ2v) is 8.44. The molecule has 0 radical (unpaired) electrons. The maximum atomic E-state index is 13.3. The Morgan fingerprint density at radius 2 is 1.66 bits per heavy atom. The van der Waals surface area contributed by atoms with Crippen molar-refractivity contribution in [3.8, 4) is 5.69 Å². The number of rotatable bonds is 5. The lowest BCUT2D eigenvalue weighted by Crippen LogP contribution is -2.46. The van der Waals surface area contributed by atoms with Gasteiger partial charge in [0.05, 0.1) is 5.69 Å². The molecular weight excluding hydrogens is 405 g/mol. The van der Waals surface area contributed by atoms with Crippen LogP contribution in [0.3, 0.4) is 0 Å². The van der Waals surface area contributed by atoms with E-state index in [2.05, 4.69) is 39.3 Å². The van der Waals surface area contributed by atoms with Crippen LogP contribution in [0.2, 0.25) is 0 Å². The van der Waals surface area contributed by atoms with E-state index < -0.39 is 0 Å². The molecule has 0 bridgehead atoms. The van der Waals surface area contributed by atoms with Crippen molar-refractivity contribution in [1.82, 2.24) is 14.7 Å². The molecule has 2 aliphatic rings. The fourth-order valence-electron chi connectivity index (χ4n) is 4.68. The third-order valence-corrected chi connectivity index (χ3v) is 6.53. The van der Waals surface area contributed by atoms with Gasteiger partial charge in [-0.15, -0.1) is 0 Å². The van der Waals surface area contributed by atoms with Gasteiger partial charge in [-0.1, -0.05) is 6.92 Å². The molecule has 1 saturated heterocycles. The molecule has 0 spiro atoms. The average Bonchev–Trinajstić information content (AvgIpc) is 3.43. The first-order chi connectivity index (χ1) is 15.6. The molecule has 1 aliphatic carbocycles. The lowest BCUT2D eigenvalue weighted by molar-refractivity contribution is 0.102. The van der Waals surface area contributed by atoms with E-state index in [1.54, 1.807) is 16.8 Å². The maximum Gasteiger partial charge on any atom is 0.276 e. The molecule has 2 heterocycles. The number of amides is 1. The molecule has 1 aromatic heterocycles. The van der Waals surface area contributed by atoms with Crippen molar-refractivity contribution in [2.75, 3.05) is 42.9 Å². The van der Waals surface area contributed by atoms with Crippen molar-refractivity contribution >= 4 is 17.3 Å². The van der Waals surface area contributed by atoms with Gasteiger partial charge in [-0.05, 0) is 74.3 Å². The van der Waals surface area contributed by atoms with Gasteiger partial charge in [-0.25, -0.2) is 9.07 Å². The normalized spacial score (nSPS) is 16.2. The Kier molecular flexibility index (Phi) is 5.66. The Labute approximate surface area is 187 Å². The second kappa shape index (κ2) is 8.74. The zero-order valence-electron chi connectivity index (χ0n) is 18.4. The first kappa shape index (κ1) is 20.7. The van der Waals surface area contributed by atoms with Crippen molar-refractivity contribution in [3.63, 3.8) is 0 Å². The summed E-state index contributed by atoms with van der Waals surface area (Å²) >= 11 is 0. The molecule has 1 fully saturated rings. The molecule has 5 rings (SSSR count). The number of nitrogens with zero attached hydrogens (tertiary/aromatic N) is 4. The van der Waals surface area contributed by atoms with Gasteiger partial charge in [-0.2, -0.15) is 5.10 Å². The van der Waals surface area contributed by atoms with Gasteiger partial charge < -0.3 is 15.1 Å². The zero-order valence-corrected chi connectivity index (χ0v) is 18.4. The molecule has 32 heavy (non-hydrogen) atoms. The van der Waals surface area contributed by atoms with E-state index in [1.165, 1.54) is 17.8 Å². The molecular formula is C25H28FN5O. The number of likely N-dealkylation sites (N-methyl/N-ethyl adjacent to an activating group) is 1. The summed E-state index contributed by atoms with van der Waals surface area (Å²) in [4.78, 5) is 17.9. The summed E-state index contributed by atoms with van der Waals surface area (Å²) in [5, 5.41) is 7.61. The topological polar surface area (TPSA) is 53.4 Å². The van der Waals surface area contributed by atoms with Gasteiger partial charge in [-0.3, -0.25) is 4.79 Å². The fourth-order valence-corrected chi connectivity index (χ4v) is 4.68. The lowest BCUT2D eigenvalue weighted by Gasteiger charge is -2.35. The van der Waals surface area contributed by atoms with Gasteiger partial charge in [0.25, 0.3) is 5.91 Å². The molecule has 0 atom stereocenters. The smallest absolute Gasteiger partial charge is 0.276 e. The number of aromatic nitrogens is 2. The molecule has 1 amide bonds. The third-order valence-electron chi connectivity index (χ3n) is 6.53. The number of anilines is 2. The number of fused-ring (bicyclic) bond motifs is 1. The molecule has 0 unspecified atom stereocenters. The fraction of sp³-hybridized carbons (Fsp3) is 0.360. The summed E-state index contributed by atoms with van der Waals surface area (Å²) in [5.41, 5.74) is 5.22. The van der Waals surface area contributed by atoms with Gasteiger partial charge in [0.2, 0.25) is 0 Å². The number of halogens is 1. The van der Waals surface area contributed by atoms with E-state index >= 15 is 0 Å². The lowest BCUT2D eigenvalue weighted by atomic mass is 10.2. The Morgan fingerprint density at radius 1 is 0.969 bits per heavy atom. The molecule has 1 aliphatic heterocycles. The van der Waals surface area contributed by atoms with E-state index in [0.717, 1.165) is 74.6 Å². The Morgan fingerprint density at radius 3 is 2.34 bits per heavy atom. The summed E-state index contributed by atoms with van der Waals surface area (Å²) in [7, 11) is 0. The Bertz CT molecular complexity index is 1100. The molecule has 7 heteroatoms. The highest BCUT2D eigenvalue weighted by Crippen LogP contribution is 2.29. The Balaban J connectivity index is 1.31. The number of hydrogen-bond donors (Lipinski definition) is 1. The molecule has 166 valence electrons. The molecule has 0 saturated carbocycles. The van der Waals surface area contributed by atoms with Gasteiger partial charge in [0.15, 0.2) is 5.69 Å². The van der Waals surface area contributed by atoms with Crippen LogP contribution in [-0.4, -0.2) is 53.3 Å². The third kappa shape index (κ3) is 4.00. The van der Waals surface area contributed by atoms with Crippen LogP contribution in [0.15, 0.2) is 48.5 Å². The molecule has 3 aromatic rings. The zero-order chi connectivity index (χ0) is 22.1. The number of hydrogen-bond acceptors (Lipinski definition) is 4. The second-order valence-electron chi connectivity index (χ2n) is 8.44. The van der Waals surface area contributed by atoms with Crippen LogP contribution in [-0.2, 0) is 12.8 Å². The molecule has 1 N–H and O–H groups in total. The number of carbonyl (C=O) groups excluding carboxylic acids is 1. The number of nitrogens with one attached hydrogen (secondary N) is 1. The number of benzene rings is 2. The molecule has 6 nitrogen and oxygen atoms in total. The average molecular weight is 434 g/mol. The van der Waals surface area contributed by atoms with E-state index in [1.807, 2.05) is 12.1 Å². The highest BCUT2D eigenvalue weighted by Gasteiger charge is 2.27. The molecule has 2 aromatic carbocycles. The highest BCUT2D eigenvalue weighted by atomic mass is 19.1. The van der Waals surface area contributed by atoms with Crippen LogP contribution in [0.4, 0.5) is 15.8 Å². The Hall–Kier alpha value is -3.19. The van der Waals surface area contributed by atoms with Gasteiger partial charge in [0, 0.05) is 48.8 Å². The number of carbonyl (C=O) groups is 1. The highest BCUT2D eigenvalue weighted by molar-refractivity contribution is 6.04. The summed E-state index contributed by atoms with van der Waals surface area (Å²) < 4.78 is 15.1. The predicted molar refractivity (Wildman–Crippen MR) is 124 cm³/mol. The minimum Gasteiger partial charge on any atom is -0.369 e. The van der Waals surface area contributed by atoms with Crippen LogP contribution in [0.1, 0.15) is 35.1 Å². The van der Waals surface area contributed by atoms with Crippen LogP contribution < -0.4 is 10.2 Å². The van der Waals surface area contributed by atoms with Crippen molar-refractivity contribution in [2.24, 2.45) is 0 Å². The van der Waals surface area contributed by atoms with E-state index in [0.29, 0.717) is 5.69 Å². The van der Waals surface area contributed by atoms with Crippen molar-refractivity contribution in [2.45, 2.75) is 26.2 Å².